The van der Waals surface area contributed by atoms with Gasteiger partial charge in [-0.05, 0) is 58.8 Å². The summed E-state index contributed by atoms with van der Waals surface area (Å²) in [5.74, 6) is -0.970. The fourth-order valence-electron chi connectivity index (χ4n) is 3.68. The molecule has 0 aliphatic carbocycles. The van der Waals surface area contributed by atoms with Gasteiger partial charge in [-0.15, -0.1) is 0 Å². The molecule has 148 valence electrons. The van der Waals surface area contributed by atoms with Crippen LogP contribution in [0.1, 0.15) is 61.5 Å². The summed E-state index contributed by atoms with van der Waals surface area (Å²) in [5.41, 5.74) is -0.587. The number of rotatable bonds is 6. The molecule has 3 heterocycles. The molecule has 8 heteroatoms. The standard InChI is InChI=1S/C19H27N3O4S/c1-13(2)22-18(25)15(16(23)14-7-12-27(26)19(14)22)17(24)20-8-6-11-21-9-4-3-5-10-21/h7,12-13,23H,3-6,8-11H2,1-2H3,(H,20,24). The largest absolute Gasteiger partial charge is 0.506 e. The van der Waals surface area contributed by atoms with Crippen molar-refractivity contribution in [1.29, 1.82) is 0 Å². The zero-order valence-electron chi connectivity index (χ0n) is 15.9. The third kappa shape index (κ3) is 4.01. The summed E-state index contributed by atoms with van der Waals surface area (Å²) in [7, 11) is -1.50. The lowest BCUT2D eigenvalue weighted by molar-refractivity contribution is 0.0945. The van der Waals surface area contributed by atoms with Gasteiger partial charge in [0.1, 0.15) is 16.3 Å². The molecular weight excluding hydrogens is 366 g/mol. The molecule has 2 N–H and O–H groups in total. The van der Waals surface area contributed by atoms with Crippen LogP contribution in [0, 0.1) is 0 Å². The minimum Gasteiger partial charge on any atom is -0.506 e. The number of amides is 1. The lowest BCUT2D eigenvalue weighted by Gasteiger charge is -2.26. The average Bonchev–Trinajstić information content (AvgIpc) is 3.01. The minimum absolute atomic E-state index is 0.258. The van der Waals surface area contributed by atoms with E-state index in [1.165, 1.54) is 35.3 Å². The molecule has 1 aromatic heterocycles. The number of carbonyl (C=O) groups is 1. The van der Waals surface area contributed by atoms with Crippen LogP contribution in [0.3, 0.4) is 0 Å². The number of aromatic nitrogens is 1. The maximum atomic E-state index is 12.8. The number of pyridine rings is 1. The van der Waals surface area contributed by atoms with E-state index in [4.69, 9.17) is 0 Å². The first-order chi connectivity index (χ1) is 12.9. The van der Waals surface area contributed by atoms with Gasteiger partial charge in [-0.2, -0.15) is 0 Å². The molecule has 0 aromatic carbocycles. The molecule has 1 atom stereocenters. The number of aromatic hydroxyl groups is 1. The molecule has 27 heavy (non-hydrogen) atoms. The van der Waals surface area contributed by atoms with E-state index in [0.717, 1.165) is 26.1 Å². The van der Waals surface area contributed by atoms with Gasteiger partial charge in [0.15, 0.2) is 0 Å². The van der Waals surface area contributed by atoms with Crippen LogP contribution in [0.25, 0.3) is 6.08 Å². The zero-order valence-corrected chi connectivity index (χ0v) is 16.7. The molecule has 0 bridgehead atoms. The second-order valence-corrected chi connectivity index (χ2v) is 8.58. The summed E-state index contributed by atoms with van der Waals surface area (Å²) in [6.45, 7) is 7.12. The maximum Gasteiger partial charge on any atom is 0.268 e. The van der Waals surface area contributed by atoms with Gasteiger partial charge in [0.05, 0.1) is 16.4 Å². The van der Waals surface area contributed by atoms with Crippen molar-refractivity contribution >= 4 is 22.8 Å². The maximum absolute atomic E-state index is 12.8. The van der Waals surface area contributed by atoms with Crippen LogP contribution in [0.5, 0.6) is 5.75 Å². The normalized spacial score (nSPS) is 19.4. The summed E-state index contributed by atoms with van der Waals surface area (Å²) >= 11 is 0. The zero-order chi connectivity index (χ0) is 19.6. The van der Waals surface area contributed by atoms with Gasteiger partial charge in [-0.25, -0.2) is 4.21 Å². The van der Waals surface area contributed by atoms with Gasteiger partial charge in [-0.3, -0.25) is 14.2 Å². The fraction of sp³-hybridized carbons (Fsp3) is 0.579. The Hall–Kier alpha value is -1.93. The number of fused-ring (bicyclic) bond motifs is 1. The van der Waals surface area contributed by atoms with E-state index in [1.54, 1.807) is 13.8 Å². The molecule has 0 spiro atoms. The van der Waals surface area contributed by atoms with Gasteiger partial charge in [0.2, 0.25) is 0 Å². The lowest BCUT2D eigenvalue weighted by Crippen LogP contribution is -2.37. The Morgan fingerprint density at radius 1 is 1.30 bits per heavy atom. The van der Waals surface area contributed by atoms with E-state index in [-0.39, 0.29) is 22.4 Å². The first-order valence-corrected chi connectivity index (χ1v) is 10.7. The van der Waals surface area contributed by atoms with Crippen LogP contribution in [0.15, 0.2) is 15.2 Å². The molecule has 1 unspecified atom stereocenters. The third-order valence-corrected chi connectivity index (χ3v) is 6.23. The summed E-state index contributed by atoms with van der Waals surface area (Å²) in [6.07, 6.45) is 6.02. The summed E-state index contributed by atoms with van der Waals surface area (Å²) in [5, 5.41) is 14.9. The molecule has 2 aliphatic heterocycles. The predicted molar refractivity (Wildman–Crippen MR) is 105 cm³/mol. The SMILES string of the molecule is CC(C)n1c2c(c(O)c(C(=O)NCCCN3CCCCC3)c1=O)C=CS2=O. The Morgan fingerprint density at radius 2 is 2.00 bits per heavy atom. The number of carbonyl (C=O) groups excluding carboxylic acids is 1. The Balaban J connectivity index is 1.75. The number of hydrogen-bond donors (Lipinski definition) is 2. The van der Waals surface area contributed by atoms with Crippen molar-refractivity contribution in [3.63, 3.8) is 0 Å². The minimum atomic E-state index is -1.50. The van der Waals surface area contributed by atoms with Gasteiger partial charge in [0.25, 0.3) is 11.5 Å². The highest BCUT2D eigenvalue weighted by Crippen LogP contribution is 2.33. The third-order valence-electron chi connectivity index (χ3n) is 5.05. The molecule has 0 radical (unpaired) electrons. The van der Waals surface area contributed by atoms with E-state index in [2.05, 4.69) is 10.2 Å². The Kier molecular flexibility index (Phi) is 6.16. The molecule has 1 amide bonds. The number of nitrogens with zero attached hydrogens (tertiary/aromatic N) is 2. The number of likely N-dealkylation sites (tertiary alicyclic amines) is 1. The van der Waals surface area contributed by atoms with Gasteiger partial charge in [-0.1, -0.05) is 6.42 Å². The predicted octanol–water partition coefficient (Wildman–Crippen LogP) is 1.83. The second-order valence-electron chi connectivity index (χ2n) is 7.32. The average molecular weight is 394 g/mol. The highest BCUT2D eigenvalue weighted by molar-refractivity contribution is 7.88. The Morgan fingerprint density at radius 3 is 2.67 bits per heavy atom. The van der Waals surface area contributed by atoms with Crippen LogP contribution in [-0.4, -0.2) is 50.9 Å². The number of piperidine rings is 1. The van der Waals surface area contributed by atoms with E-state index in [1.807, 2.05) is 0 Å². The van der Waals surface area contributed by atoms with E-state index < -0.39 is 22.3 Å². The van der Waals surface area contributed by atoms with Crippen LogP contribution in [-0.2, 0) is 10.8 Å². The van der Waals surface area contributed by atoms with Gasteiger partial charge >= 0.3 is 0 Å². The van der Waals surface area contributed by atoms with Crippen molar-refractivity contribution in [2.24, 2.45) is 0 Å². The fourth-order valence-corrected chi connectivity index (χ4v) is 4.94. The van der Waals surface area contributed by atoms with Crippen LogP contribution in [0.4, 0.5) is 0 Å². The lowest BCUT2D eigenvalue weighted by atomic mass is 10.1. The summed E-state index contributed by atoms with van der Waals surface area (Å²) < 4.78 is 13.5. The van der Waals surface area contributed by atoms with Gasteiger partial charge in [0, 0.05) is 18.0 Å². The topological polar surface area (TPSA) is 91.6 Å². The van der Waals surface area contributed by atoms with Crippen LogP contribution in [0.2, 0.25) is 0 Å². The van der Waals surface area contributed by atoms with Crippen molar-refractivity contribution < 1.29 is 14.1 Å². The highest BCUT2D eigenvalue weighted by Gasteiger charge is 2.30. The first kappa shape index (κ1) is 19.8. The molecule has 2 aliphatic rings. The molecule has 1 aromatic rings. The van der Waals surface area contributed by atoms with Crippen LogP contribution < -0.4 is 10.9 Å². The first-order valence-electron chi connectivity index (χ1n) is 9.52. The second kappa shape index (κ2) is 8.39. The van der Waals surface area contributed by atoms with Gasteiger partial charge < -0.3 is 15.3 Å². The van der Waals surface area contributed by atoms with Crippen LogP contribution >= 0.6 is 0 Å². The molecule has 3 rings (SSSR count). The van der Waals surface area contributed by atoms with Crippen molar-refractivity contribution in [3.05, 3.63) is 26.9 Å². The van der Waals surface area contributed by atoms with Crippen molar-refractivity contribution in [1.82, 2.24) is 14.8 Å². The Bertz CT molecular complexity index is 838. The highest BCUT2D eigenvalue weighted by atomic mass is 32.2. The molecule has 7 nitrogen and oxygen atoms in total. The molecular formula is C19H27N3O4S. The summed E-state index contributed by atoms with van der Waals surface area (Å²) in [4.78, 5) is 27.8. The smallest absolute Gasteiger partial charge is 0.268 e. The number of hydrogen-bond acceptors (Lipinski definition) is 5. The van der Waals surface area contributed by atoms with E-state index in [0.29, 0.717) is 12.1 Å². The van der Waals surface area contributed by atoms with Crippen molar-refractivity contribution in [3.8, 4) is 5.75 Å². The summed E-state index contributed by atoms with van der Waals surface area (Å²) in [6, 6.07) is -0.277. The Labute approximate surface area is 161 Å². The quantitative estimate of drug-likeness (QED) is 0.720. The monoisotopic (exact) mass is 393 g/mol. The molecule has 1 fully saturated rings. The van der Waals surface area contributed by atoms with E-state index in [9.17, 15) is 18.9 Å². The van der Waals surface area contributed by atoms with E-state index >= 15 is 0 Å². The number of nitrogens with one attached hydrogen (secondary N) is 1. The van der Waals surface area contributed by atoms with Crippen molar-refractivity contribution in [2.45, 2.75) is 50.6 Å². The molecule has 1 saturated heterocycles. The van der Waals surface area contributed by atoms with Crippen molar-refractivity contribution in [2.75, 3.05) is 26.2 Å². The molecule has 0 saturated carbocycles.